The molecule has 0 aliphatic carbocycles. The molecule has 0 radical (unpaired) electrons. The minimum Gasteiger partial charge on any atom is -0.490 e. The van der Waals surface area contributed by atoms with Crippen molar-refractivity contribution in [3.63, 3.8) is 0 Å². The Morgan fingerprint density at radius 3 is 2.41 bits per heavy atom. The summed E-state index contributed by atoms with van der Waals surface area (Å²) in [4.78, 5) is 10.4. The minimum absolute atomic E-state index is 0.436. The average Bonchev–Trinajstić information content (AvgIpc) is 3.05. The van der Waals surface area contributed by atoms with Crippen LogP contribution < -0.4 is 14.4 Å². The number of rotatable bonds is 7. The Morgan fingerprint density at radius 2 is 1.78 bits per heavy atom. The summed E-state index contributed by atoms with van der Waals surface area (Å²) < 4.78 is 23.3. The van der Waals surface area contributed by atoms with Gasteiger partial charge in [0, 0.05) is 37.5 Å². The maximum absolute atomic E-state index is 12.0. The molecule has 0 unspecified atom stereocenters. The van der Waals surface area contributed by atoms with Crippen LogP contribution >= 0.6 is 0 Å². The van der Waals surface area contributed by atoms with Crippen molar-refractivity contribution < 1.29 is 13.7 Å². The van der Waals surface area contributed by atoms with E-state index in [0.29, 0.717) is 46.7 Å². The van der Waals surface area contributed by atoms with E-state index in [-0.39, 0.29) is 0 Å². The fourth-order valence-electron chi connectivity index (χ4n) is 2.93. The monoisotopic (exact) mass is 385 g/mol. The molecule has 0 saturated carbocycles. The van der Waals surface area contributed by atoms with Gasteiger partial charge in [0.25, 0.3) is 0 Å². The number of para-hydroxylation sites is 1. The molecule has 27 heavy (non-hydrogen) atoms. The molecule has 142 valence electrons. The number of nitrogens with zero attached hydrogens (tertiary/aromatic N) is 2. The van der Waals surface area contributed by atoms with Gasteiger partial charge in [0.15, 0.2) is 17.3 Å². The summed E-state index contributed by atoms with van der Waals surface area (Å²) in [6.07, 6.45) is 0. The van der Waals surface area contributed by atoms with Crippen LogP contribution in [0.25, 0.3) is 11.0 Å². The Labute approximate surface area is 162 Å². The summed E-state index contributed by atoms with van der Waals surface area (Å²) in [5.41, 5.74) is 3.33. The van der Waals surface area contributed by atoms with E-state index in [2.05, 4.69) is 9.97 Å². The van der Waals surface area contributed by atoms with Crippen LogP contribution in [0.3, 0.4) is 0 Å². The van der Waals surface area contributed by atoms with Crippen LogP contribution in [0.1, 0.15) is 25.2 Å². The van der Waals surface area contributed by atoms with Gasteiger partial charge >= 0.3 is 0 Å². The quantitative estimate of drug-likeness (QED) is 0.500. The van der Waals surface area contributed by atoms with Crippen molar-refractivity contribution in [1.29, 1.82) is 0 Å². The number of imidazole rings is 1. The third kappa shape index (κ3) is 3.83. The van der Waals surface area contributed by atoms with Gasteiger partial charge in [-0.1, -0.05) is 18.2 Å². The first kappa shape index (κ1) is 19.0. The number of nitrogens with one attached hydrogen (secondary N) is 1. The van der Waals surface area contributed by atoms with E-state index in [1.165, 1.54) is 0 Å². The van der Waals surface area contributed by atoms with Crippen LogP contribution in [-0.2, 0) is 11.3 Å². The number of hydrogen-bond donors (Lipinski definition) is 1. The standard InChI is InChI=1S/C20H23N3O3S/c1-5-25-17-11-14-15(12-18(17)26-6-2)22-20(21-14)19(27-24)13-9-7-8-10-16(13)23(3)4/h7-12H,5-6H2,1-4H3,(H,21,22). The van der Waals surface area contributed by atoms with E-state index in [0.717, 1.165) is 22.3 Å². The molecule has 3 rings (SSSR count). The van der Waals surface area contributed by atoms with E-state index in [1.807, 2.05) is 69.2 Å². The molecular weight excluding hydrogens is 362 g/mol. The Kier molecular flexibility index (Phi) is 5.81. The van der Waals surface area contributed by atoms with Gasteiger partial charge in [-0.15, -0.1) is 0 Å². The lowest BCUT2D eigenvalue weighted by molar-refractivity contribution is 0.288. The predicted octanol–water partition coefficient (Wildman–Crippen LogP) is 3.21. The summed E-state index contributed by atoms with van der Waals surface area (Å²) in [5.74, 6) is 1.84. The molecule has 0 bridgehead atoms. The van der Waals surface area contributed by atoms with Crippen LogP contribution in [0.15, 0.2) is 36.4 Å². The highest BCUT2D eigenvalue weighted by Gasteiger charge is 2.18. The molecule has 0 atom stereocenters. The fourth-order valence-corrected chi connectivity index (χ4v) is 3.37. The fraction of sp³-hybridized carbons (Fsp3) is 0.300. The molecule has 0 aliphatic heterocycles. The molecule has 1 heterocycles. The summed E-state index contributed by atoms with van der Waals surface area (Å²) in [6, 6.07) is 11.5. The van der Waals surface area contributed by atoms with E-state index in [1.54, 1.807) is 0 Å². The second kappa shape index (κ2) is 8.26. The number of aromatic nitrogens is 2. The minimum atomic E-state index is 0.436. The van der Waals surface area contributed by atoms with Crippen molar-refractivity contribution in [1.82, 2.24) is 9.97 Å². The largest absolute Gasteiger partial charge is 0.490 e. The number of benzene rings is 2. The molecule has 2 aromatic carbocycles. The highest BCUT2D eigenvalue weighted by molar-refractivity contribution is 7.67. The van der Waals surface area contributed by atoms with Crippen LogP contribution in [0.4, 0.5) is 5.69 Å². The second-order valence-electron chi connectivity index (χ2n) is 6.09. The molecule has 7 heteroatoms. The summed E-state index contributed by atoms with van der Waals surface area (Å²) >= 11 is 0.436. The Bertz CT molecular complexity index is 964. The first-order valence-corrected chi connectivity index (χ1v) is 9.56. The average molecular weight is 385 g/mol. The summed E-state index contributed by atoms with van der Waals surface area (Å²) in [6.45, 7) is 4.92. The van der Waals surface area contributed by atoms with E-state index >= 15 is 0 Å². The Hall–Kier alpha value is -2.80. The summed E-state index contributed by atoms with van der Waals surface area (Å²) in [7, 11) is 3.90. The maximum Gasteiger partial charge on any atom is 0.163 e. The molecule has 3 aromatic rings. The lowest BCUT2D eigenvalue weighted by Gasteiger charge is -2.16. The van der Waals surface area contributed by atoms with Crippen LogP contribution in [0.5, 0.6) is 11.5 Å². The van der Waals surface area contributed by atoms with Gasteiger partial charge in [-0.25, -0.2) is 9.19 Å². The predicted molar refractivity (Wildman–Crippen MR) is 111 cm³/mol. The molecule has 0 fully saturated rings. The SMILES string of the molecule is CCOc1cc2nc(C(=S=O)c3ccccc3N(C)C)[nH]c2cc1OCC. The molecule has 0 saturated heterocycles. The van der Waals surface area contributed by atoms with Gasteiger partial charge in [0.2, 0.25) is 0 Å². The first-order valence-electron chi connectivity index (χ1n) is 8.82. The summed E-state index contributed by atoms with van der Waals surface area (Å²) in [5, 5.41) is 0. The molecule has 0 aliphatic rings. The van der Waals surface area contributed by atoms with Crippen molar-refractivity contribution in [2.75, 3.05) is 32.2 Å². The van der Waals surface area contributed by atoms with Gasteiger partial charge in [0.05, 0.1) is 24.2 Å². The molecule has 1 aromatic heterocycles. The van der Waals surface area contributed by atoms with Crippen LogP contribution in [0, 0.1) is 0 Å². The van der Waals surface area contributed by atoms with Gasteiger partial charge in [-0.2, -0.15) is 0 Å². The van der Waals surface area contributed by atoms with E-state index in [9.17, 15) is 4.21 Å². The van der Waals surface area contributed by atoms with Crippen LogP contribution in [0.2, 0.25) is 0 Å². The lowest BCUT2D eigenvalue weighted by Crippen LogP contribution is -2.15. The number of H-pyrrole nitrogens is 1. The Morgan fingerprint density at radius 1 is 1.11 bits per heavy atom. The highest BCUT2D eigenvalue weighted by Crippen LogP contribution is 2.32. The smallest absolute Gasteiger partial charge is 0.163 e. The Balaban J connectivity index is 2.12. The molecule has 6 nitrogen and oxygen atoms in total. The number of aromatic amines is 1. The highest BCUT2D eigenvalue weighted by atomic mass is 32.1. The number of ether oxygens (including phenoxy) is 2. The third-order valence-electron chi connectivity index (χ3n) is 4.08. The lowest BCUT2D eigenvalue weighted by atomic mass is 10.1. The normalized spacial score (nSPS) is 10.7. The van der Waals surface area contributed by atoms with E-state index in [4.69, 9.17) is 9.47 Å². The van der Waals surface area contributed by atoms with Crippen molar-refractivity contribution >= 4 is 32.8 Å². The van der Waals surface area contributed by atoms with Gasteiger partial charge in [-0.05, 0) is 19.9 Å². The first-order chi connectivity index (χ1) is 13.1. The van der Waals surface area contributed by atoms with Crippen molar-refractivity contribution in [3.8, 4) is 11.5 Å². The van der Waals surface area contributed by atoms with Crippen molar-refractivity contribution in [2.24, 2.45) is 0 Å². The zero-order chi connectivity index (χ0) is 19.4. The third-order valence-corrected chi connectivity index (χ3v) is 4.66. The van der Waals surface area contributed by atoms with E-state index < -0.39 is 0 Å². The van der Waals surface area contributed by atoms with Crippen molar-refractivity contribution in [3.05, 3.63) is 47.8 Å². The molecule has 1 N–H and O–H groups in total. The second-order valence-corrected chi connectivity index (χ2v) is 6.67. The van der Waals surface area contributed by atoms with Crippen LogP contribution in [-0.4, -0.2) is 46.4 Å². The number of anilines is 1. The zero-order valence-corrected chi connectivity index (χ0v) is 16.7. The molecule has 0 amide bonds. The maximum atomic E-state index is 12.0. The van der Waals surface area contributed by atoms with Gasteiger partial charge in [-0.3, -0.25) is 0 Å². The van der Waals surface area contributed by atoms with Gasteiger partial charge in [0.1, 0.15) is 16.1 Å². The molecule has 0 spiro atoms. The number of hydrogen-bond acceptors (Lipinski definition) is 5. The molecular formula is C20H23N3O3S. The topological polar surface area (TPSA) is 67.5 Å². The number of fused-ring (bicyclic) bond motifs is 1. The van der Waals surface area contributed by atoms with Gasteiger partial charge < -0.3 is 19.4 Å². The zero-order valence-electron chi connectivity index (χ0n) is 15.9. The van der Waals surface area contributed by atoms with Crippen molar-refractivity contribution in [2.45, 2.75) is 13.8 Å².